The molecule has 0 radical (unpaired) electrons. The van der Waals surface area contributed by atoms with Gasteiger partial charge in [-0.3, -0.25) is 14.5 Å². The van der Waals surface area contributed by atoms with Crippen molar-refractivity contribution in [1.82, 2.24) is 10.2 Å². The molecule has 8 heteroatoms. The van der Waals surface area contributed by atoms with Gasteiger partial charge in [-0.1, -0.05) is 0 Å². The van der Waals surface area contributed by atoms with Gasteiger partial charge in [-0.25, -0.2) is 4.79 Å². The number of carbonyl (C=O) groups is 3. The van der Waals surface area contributed by atoms with Crippen molar-refractivity contribution in [2.24, 2.45) is 0 Å². The van der Waals surface area contributed by atoms with E-state index in [1.54, 1.807) is 31.2 Å². The molecule has 2 amide bonds. The van der Waals surface area contributed by atoms with Gasteiger partial charge in [0.25, 0.3) is 11.8 Å². The van der Waals surface area contributed by atoms with E-state index < -0.39 is 30.1 Å². The van der Waals surface area contributed by atoms with Crippen molar-refractivity contribution in [2.75, 3.05) is 20.4 Å². The van der Waals surface area contributed by atoms with Crippen molar-refractivity contribution in [3.8, 4) is 0 Å². The van der Waals surface area contributed by atoms with Gasteiger partial charge < -0.3 is 15.2 Å². The maximum absolute atomic E-state index is 12.6. The summed E-state index contributed by atoms with van der Waals surface area (Å²) >= 11 is 2.09. The Labute approximate surface area is 148 Å². The molecule has 23 heavy (non-hydrogen) atoms. The zero-order valence-electron chi connectivity index (χ0n) is 13.1. The third kappa shape index (κ3) is 3.99. The lowest BCUT2D eigenvalue weighted by molar-refractivity contribution is -0.163. The van der Waals surface area contributed by atoms with Gasteiger partial charge >= 0.3 is 5.97 Å². The molecule has 0 aliphatic rings. The first-order valence-corrected chi connectivity index (χ1v) is 7.98. The van der Waals surface area contributed by atoms with Crippen molar-refractivity contribution in [3.05, 3.63) is 33.4 Å². The second-order valence-electron chi connectivity index (χ2n) is 4.75. The summed E-state index contributed by atoms with van der Waals surface area (Å²) in [5.41, 5.74) is -1.72. The molecule has 0 bridgehead atoms. The Bertz CT molecular complexity index is 590. The topological polar surface area (TPSA) is 95.9 Å². The van der Waals surface area contributed by atoms with Crippen LogP contribution in [0.3, 0.4) is 0 Å². The number of ether oxygens (including phenoxy) is 1. The minimum atomic E-state index is -1.97. The van der Waals surface area contributed by atoms with Gasteiger partial charge in [-0.2, -0.15) is 0 Å². The van der Waals surface area contributed by atoms with Crippen LogP contribution in [0.5, 0.6) is 0 Å². The fourth-order valence-electron chi connectivity index (χ4n) is 2.00. The summed E-state index contributed by atoms with van der Waals surface area (Å²) in [7, 11) is 1.34. The molecule has 0 spiro atoms. The zero-order valence-corrected chi connectivity index (χ0v) is 15.3. The zero-order chi connectivity index (χ0) is 17.6. The molecular weight excluding hydrogens is 415 g/mol. The molecule has 126 valence electrons. The van der Waals surface area contributed by atoms with Crippen molar-refractivity contribution in [2.45, 2.75) is 19.4 Å². The van der Waals surface area contributed by atoms with Crippen LogP contribution in [-0.2, 0) is 14.3 Å². The Morgan fingerprint density at radius 2 is 1.87 bits per heavy atom. The number of aliphatic hydroxyl groups excluding tert-OH is 1. The van der Waals surface area contributed by atoms with Gasteiger partial charge in [-0.15, -0.1) is 0 Å². The molecule has 0 saturated heterocycles. The number of hydrogen-bond acceptors (Lipinski definition) is 5. The summed E-state index contributed by atoms with van der Waals surface area (Å²) in [5.74, 6) is -2.31. The third-order valence-corrected chi connectivity index (χ3v) is 4.08. The molecule has 0 aliphatic carbocycles. The maximum Gasteiger partial charge on any atom is 0.341 e. The number of rotatable bonds is 6. The van der Waals surface area contributed by atoms with E-state index in [1.165, 1.54) is 14.0 Å². The number of likely N-dealkylation sites (N-methyl/N-ethyl adjacent to an activating group) is 1. The van der Waals surface area contributed by atoms with E-state index in [-0.39, 0.29) is 12.2 Å². The fraction of sp³-hybridized carbons (Fsp3) is 0.400. The molecule has 1 atom stereocenters. The number of halogens is 1. The Morgan fingerprint density at radius 1 is 1.30 bits per heavy atom. The lowest BCUT2D eigenvalue weighted by atomic mass is 9.97. The first kappa shape index (κ1) is 19.4. The molecule has 1 aromatic rings. The minimum absolute atomic E-state index is 0.0441. The Kier molecular flexibility index (Phi) is 6.95. The van der Waals surface area contributed by atoms with Crippen LogP contribution in [-0.4, -0.2) is 53.7 Å². The maximum atomic E-state index is 12.6. The van der Waals surface area contributed by atoms with Crippen LogP contribution in [0.25, 0.3) is 0 Å². The molecule has 2 N–H and O–H groups in total. The predicted molar refractivity (Wildman–Crippen MR) is 91.5 cm³/mol. The summed E-state index contributed by atoms with van der Waals surface area (Å²) in [6.07, 6.45) is 0. The van der Waals surface area contributed by atoms with Gasteiger partial charge in [0.05, 0.1) is 6.61 Å². The minimum Gasteiger partial charge on any atom is -0.464 e. The van der Waals surface area contributed by atoms with Crippen LogP contribution in [0.4, 0.5) is 0 Å². The van der Waals surface area contributed by atoms with E-state index in [4.69, 9.17) is 4.74 Å². The summed E-state index contributed by atoms with van der Waals surface area (Å²) in [6, 6.07) is 6.54. The number of carbonyl (C=O) groups excluding carboxylic acids is 3. The highest BCUT2D eigenvalue weighted by molar-refractivity contribution is 14.1. The molecule has 0 fully saturated rings. The van der Waals surface area contributed by atoms with Gasteiger partial charge in [-0.05, 0) is 60.7 Å². The van der Waals surface area contributed by atoms with E-state index in [0.29, 0.717) is 0 Å². The lowest BCUT2D eigenvalue weighted by Gasteiger charge is -2.36. The number of amides is 2. The fourth-order valence-corrected chi connectivity index (χ4v) is 2.36. The highest BCUT2D eigenvalue weighted by atomic mass is 127. The van der Waals surface area contributed by atoms with Crippen molar-refractivity contribution in [3.63, 3.8) is 0 Å². The second kappa shape index (κ2) is 8.25. The van der Waals surface area contributed by atoms with Crippen LogP contribution in [0.2, 0.25) is 0 Å². The van der Waals surface area contributed by atoms with Gasteiger partial charge in [0.1, 0.15) is 6.73 Å². The second-order valence-corrected chi connectivity index (χ2v) is 6.00. The van der Waals surface area contributed by atoms with Crippen LogP contribution < -0.4 is 5.32 Å². The van der Waals surface area contributed by atoms with E-state index >= 15 is 0 Å². The van der Waals surface area contributed by atoms with Crippen LogP contribution in [0.15, 0.2) is 24.3 Å². The van der Waals surface area contributed by atoms with E-state index in [9.17, 15) is 19.5 Å². The number of aliphatic hydroxyl groups is 1. The highest BCUT2D eigenvalue weighted by Crippen LogP contribution is 2.21. The molecule has 7 nitrogen and oxygen atoms in total. The summed E-state index contributed by atoms with van der Waals surface area (Å²) in [4.78, 5) is 37.9. The molecule has 0 heterocycles. The quantitative estimate of drug-likeness (QED) is 0.298. The van der Waals surface area contributed by atoms with Crippen LogP contribution in [0.1, 0.15) is 24.2 Å². The monoisotopic (exact) mass is 434 g/mol. The van der Waals surface area contributed by atoms with Crippen molar-refractivity contribution in [1.29, 1.82) is 0 Å². The average Bonchev–Trinajstić information content (AvgIpc) is 2.55. The summed E-state index contributed by atoms with van der Waals surface area (Å²) in [6.45, 7) is 2.06. The first-order chi connectivity index (χ1) is 10.8. The number of esters is 1. The lowest BCUT2D eigenvalue weighted by Crippen LogP contribution is -2.63. The van der Waals surface area contributed by atoms with Gasteiger partial charge in [0.15, 0.2) is 0 Å². The molecule has 0 aromatic heterocycles. The van der Waals surface area contributed by atoms with Crippen LogP contribution >= 0.6 is 22.6 Å². The smallest absolute Gasteiger partial charge is 0.341 e. The largest absolute Gasteiger partial charge is 0.464 e. The molecule has 0 aliphatic heterocycles. The predicted octanol–water partition coefficient (Wildman–Crippen LogP) is 0.751. The van der Waals surface area contributed by atoms with E-state index in [1.807, 2.05) is 0 Å². The van der Waals surface area contributed by atoms with Crippen LogP contribution in [0, 0.1) is 3.57 Å². The standard InChI is InChI=1S/C15H19IN2O5/c1-4-23-14(22)15(2,13(21)17-3)18(9-19)12(20)10-5-7-11(16)8-6-10/h5-8,19H,4,9H2,1-3H3,(H,17,21)/t15-/m0/s1. The average molecular weight is 434 g/mol. The SMILES string of the molecule is CCOC(=O)[C@](C)(C(=O)NC)N(CO)C(=O)c1ccc(I)cc1. The van der Waals surface area contributed by atoms with E-state index in [2.05, 4.69) is 27.9 Å². The summed E-state index contributed by atoms with van der Waals surface area (Å²) in [5, 5.41) is 12.0. The third-order valence-electron chi connectivity index (χ3n) is 3.36. The number of nitrogens with zero attached hydrogens (tertiary/aromatic N) is 1. The normalized spacial score (nSPS) is 12.9. The Balaban J connectivity index is 3.29. The number of benzene rings is 1. The van der Waals surface area contributed by atoms with Crippen molar-refractivity contribution >= 4 is 40.4 Å². The Hall–Kier alpha value is -1.68. The number of nitrogens with one attached hydrogen (secondary N) is 1. The number of hydrogen-bond donors (Lipinski definition) is 2. The van der Waals surface area contributed by atoms with E-state index in [0.717, 1.165) is 8.47 Å². The first-order valence-electron chi connectivity index (χ1n) is 6.90. The molecule has 0 unspecified atom stereocenters. The molecule has 1 aromatic carbocycles. The summed E-state index contributed by atoms with van der Waals surface area (Å²) < 4.78 is 5.84. The Morgan fingerprint density at radius 3 is 2.30 bits per heavy atom. The molecule has 0 saturated carbocycles. The van der Waals surface area contributed by atoms with Gasteiger partial charge in [0.2, 0.25) is 5.54 Å². The highest BCUT2D eigenvalue weighted by Gasteiger charge is 2.50. The van der Waals surface area contributed by atoms with Gasteiger partial charge in [0, 0.05) is 16.2 Å². The molecular formula is C15H19IN2O5. The van der Waals surface area contributed by atoms with Crippen molar-refractivity contribution < 1.29 is 24.2 Å². The molecule has 1 rings (SSSR count).